The van der Waals surface area contributed by atoms with Gasteiger partial charge in [-0.3, -0.25) is 0 Å². The number of benzene rings is 2. The second-order valence-electron chi connectivity index (χ2n) is 4.64. The van der Waals surface area contributed by atoms with Crippen LogP contribution >= 0.6 is 23.2 Å². The van der Waals surface area contributed by atoms with Crippen molar-refractivity contribution in [1.29, 1.82) is 0 Å². The Hall–Kier alpha value is -1.60. The van der Waals surface area contributed by atoms with Crippen molar-refractivity contribution in [2.24, 2.45) is 11.5 Å². The normalized spacial score (nSPS) is 13.9. The Morgan fingerprint density at radius 1 is 0.773 bits per heavy atom. The number of halogens is 4. The second kappa shape index (κ2) is 6.26. The van der Waals surface area contributed by atoms with E-state index < -0.39 is 23.7 Å². The summed E-state index contributed by atoms with van der Waals surface area (Å²) in [5.74, 6) is -2.38. The number of hydrogen-bond donors (Lipinski definition) is 4. The third kappa shape index (κ3) is 2.83. The van der Waals surface area contributed by atoms with Gasteiger partial charge < -0.3 is 21.7 Å². The molecule has 0 amide bonds. The molecule has 0 saturated carbocycles. The van der Waals surface area contributed by atoms with E-state index >= 15 is 0 Å². The minimum atomic E-state index is -1.30. The first kappa shape index (κ1) is 16.8. The van der Waals surface area contributed by atoms with Gasteiger partial charge in [-0.25, -0.2) is 8.78 Å². The maximum atomic E-state index is 13.9. The maximum Gasteiger partial charge on any atom is 0.134 e. The van der Waals surface area contributed by atoms with Crippen LogP contribution in [0.4, 0.5) is 8.78 Å². The molecule has 0 aliphatic carbocycles. The molecule has 0 heterocycles. The molecule has 2 aromatic carbocycles. The Bertz CT molecular complexity index is 667. The van der Waals surface area contributed by atoms with Gasteiger partial charge in [0.15, 0.2) is 0 Å². The minimum Gasteiger partial charge on any atom is -0.506 e. The monoisotopic (exact) mass is 348 g/mol. The Balaban J connectivity index is 2.54. The van der Waals surface area contributed by atoms with Gasteiger partial charge in [-0.1, -0.05) is 23.2 Å². The van der Waals surface area contributed by atoms with Crippen molar-refractivity contribution in [2.45, 2.75) is 12.1 Å². The highest BCUT2D eigenvalue weighted by molar-refractivity contribution is 6.33. The van der Waals surface area contributed by atoms with Crippen molar-refractivity contribution >= 4 is 23.2 Å². The smallest absolute Gasteiger partial charge is 0.134 e. The summed E-state index contributed by atoms with van der Waals surface area (Å²) in [4.78, 5) is 0. The van der Waals surface area contributed by atoms with Gasteiger partial charge in [-0.2, -0.15) is 0 Å². The van der Waals surface area contributed by atoms with Crippen molar-refractivity contribution in [2.75, 3.05) is 0 Å². The van der Waals surface area contributed by atoms with Gasteiger partial charge in [-0.05, 0) is 24.3 Å². The molecule has 2 atom stereocenters. The molecule has 22 heavy (non-hydrogen) atoms. The number of aromatic hydroxyl groups is 2. The lowest BCUT2D eigenvalue weighted by Gasteiger charge is -2.24. The van der Waals surface area contributed by atoms with Crippen molar-refractivity contribution in [3.8, 4) is 11.5 Å². The summed E-state index contributed by atoms with van der Waals surface area (Å²) in [6, 6.07) is 1.44. The van der Waals surface area contributed by atoms with E-state index in [9.17, 15) is 19.0 Å². The zero-order chi connectivity index (χ0) is 16.6. The van der Waals surface area contributed by atoms with E-state index in [4.69, 9.17) is 34.7 Å². The molecule has 0 spiro atoms. The standard InChI is InChI=1S/C14H12Cl2F2N2O2/c15-11-7(21)3-1-5(17)9(11)13(19)14(20)10-6(18)2-4-8(22)12(10)16/h1-4,13-14,21-22H,19-20H2/t13-,14+. The minimum absolute atomic E-state index is 0.270. The average Bonchev–Trinajstić information content (AvgIpc) is 2.47. The number of phenolic OH excluding ortho intramolecular Hbond substituents is 2. The highest BCUT2D eigenvalue weighted by atomic mass is 35.5. The highest BCUT2D eigenvalue weighted by Gasteiger charge is 2.29. The molecule has 0 aliphatic rings. The fraction of sp³-hybridized carbons (Fsp3) is 0.143. The predicted octanol–water partition coefficient (Wildman–Crippen LogP) is 3.38. The van der Waals surface area contributed by atoms with Gasteiger partial charge in [0.2, 0.25) is 0 Å². The first-order valence-electron chi connectivity index (χ1n) is 6.10. The molecule has 6 N–H and O–H groups in total. The van der Waals surface area contributed by atoms with Gasteiger partial charge >= 0.3 is 0 Å². The van der Waals surface area contributed by atoms with E-state index in [1.807, 2.05) is 0 Å². The maximum absolute atomic E-state index is 13.9. The lowest BCUT2D eigenvalue weighted by molar-refractivity contribution is 0.456. The molecule has 0 fully saturated rings. The van der Waals surface area contributed by atoms with Crippen LogP contribution in [0.25, 0.3) is 0 Å². The summed E-state index contributed by atoms with van der Waals surface area (Å²) >= 11 is 11.7. The van der Waals surface area contributed by atoms with Gasteiger partial charge in [0.25, 0.3) is 0 Å². The van der Waals surface area contributed by atoms with Crippen LogP contribution in [0.1, 0.15) is 23.2 Å². The molecular weight excluding hydrogens is 337 g/mol. The summed E-state index contributed by atoms with van der Waals surface area (Å²) < 4.78 is 27.9. The van der Waals surface area contributed by atoms with Crippen LogP contribution < -0.4 is 11.5 Å². The molecule has 0 unspecified atom stereocenters. The molecule has 0 aromatic heterocycles. The van der Waals surface area contributed by atoms with Gasteiger partial charge in [0, 0.05) is 11.1 Å². The lowest BCUT2D eigenvalue weighted by atomic mass is 9.93. The van der Waals surface area contributed by atoms with Crippen molar-refractivity contribution < 1.29 is 19.0 Å². The third-order valence-electron chi connectivity index (χ3n) is 3.27. The summed E-state index contributed by atoms with van der Waals surface area (Å²) in [6.45, 7) is 0. The zero-order valence-corrected chi connectivity index (χ0v) is 12.5. The summed E-state index contributed by atoms with van der Waals surface area (Å²) in [5.41, 5.74) is 11.2. The average molecular weight is 349 g/mol. The topological polar surface area (TPSA) is 92.5 Å². The van der Waals surface area contributed by atoms with E-state index in [1.54, 1.807) is 0 Å². The molecule has 0 aliphatic heterocycles. The summed E-state index contributed by atoms with van der Waals surface area (Å²) in [5, 5.41) is 18.4. The molecule has 2 rings (SSSR count). The molecule has 0 saturated heterocycles. The molecular formula is C14H12Cl2F2N2O2. The molecule has 0 bridgehead atoms. The molecule has 0 radical (unpaired) electrons. The zero-order valence-electron chi connectivity index (χ0n) is 11.0. The molecule has 118 valence electrons. The van der Waals surface area contributed by atoms with Crippen LogP contribution in [0.15, 0.2) is 24.3 Å². The van der Waals surface area contributed by atoms with E-state index in [1.165, 1.54) is 0 Å². The predicted molar refractivity (Wildman–Crippen MR) is 80.0 cm³/mol. The molecule has 8 heteroatoms. The number of rotatable bonds is 3. The Kier molecular flexibility index (Phi) is 4.77. The lowest BCUT2D eigenvalue weighted by Crippen LogP contribution is -2.28. The Morgan fingerprint density at radius 3 is 1.41 bits per heavy atom. The third-order valence-corrected chi connectivity index (χ3v) is 4.06. The van der Waals surface area contributed by atoms with Crippen LogP contribution in [-0.4, -0.2) is 10.2 Å². The number of phenols is 2. The molecule has 4 nitrogen and oxygen atoms in total. The van der Waals surface area contributed by atoms with E-state index in [0.717, 1.165) is 24.3 Å². The summed E-state index contributed by atoms with van der Waals surface area (Å²) in [7, 11) is 0. The van der Waals surface area contributed by atoms with Crippen LogP contribution in [-0.2, 0) is 0 Å². The second-order valence-corrected chi connectivity index (χ2v) is 5.40. The first-order chi connectivity index (χ1) is 10.3. The fourth-order valence-electron chi connectivity index (χ4n) is 2.09. The van der Waals surface area contributed by atoms with Crippen molar-refractivity contribution in [3.05, 3.63) is 57.1 Å². The van der Waals surface area contributed by atoms with Crippen LogP contribution in [0.2, 0.25) is 10.0 Å². The van der Waals surface area contributed by atoms with Crippen LogP contribution in [0.3, 0.4) is 0 Å². The van der Waals surface area contributed by atoms with Crippen molar-refractivity contribution in [1.82, 2.24) is 0 Å². The highest BCUT2D eigenvalue weighted by Crippen LogP contribution is 2.40. The van der Waals surface area contributed by atoms with Gasteiger partial charge in [0.1, 0.15) is 23.1 Å². The van der Waals surface area contributed by atoms with E-state index in [-0.39, 0.29) is 32.7 Å². The fourth-order valence-corrected chi connectivity index (χ4v) is 2.64. The van der Waals surface area contributed by atoms with E-state index in [0.29, 0.717) is 0 Å². The Labute approximate surface area is 134 Å². The van der Waals surface area contributed by atoms with Gasteiger partial charge in [-0.15, -0.1) is 0 Å². The quantitative estimate of drug-likeness (QED) is 0.684. The molecule has 2 aromatic rings. The van der Waals surface area contributed by atoms with Gasteiger partial charge in [0.05, 0.1) is 22.1 Å². The number of hydrogen-bond acceptors (Lipinski definition) is 4. The van der Waals surface area contributed by atoms with Crippen LogP contribution in [0, 0.1) is 11.6 Å². The largest absolute Gasteiger partial charge is 0.506 e. The number of nitrogens with two attached hydrogens (primary N) is 2. The summed E-state index contributed by atoms with van der Waals surface area (Å²) in [6.07, 6.45) is 0. The van der Waals surface area contributed by atoms with Crippen molar-refractivity contribution in [3.63, 3.8) is 0 Å². The first-order valence-corrected chi connectivity index (χ1v) is 6.86. The van der Waals surface area contributed by atoms with E-state index in [2.05, 4.69) is 0 Å². The SMILES string of the molecule is N[C@H](c1c(F)ccc(O)c1Cl)[C@@H](N)c1c(F)ccc(O)c1Cl. The van der Waals surface area contributed by atoms with Crippen LogP contribution in [0.5, 0.6) is 11.5 Å². The Morgan fingerprint density at radius 2 is 1.09 bits per heavy atom.